The first-order chi connectivity index (χ1) is 8.69. The van der Waals surface area contributed by atoms with Gasteiger partial charge in [-0.15, -0.1) is 0 Å². The first-order valence-electron chi connectivity index (χ1n) is 5.56. The monoisotopic (exact) mass is 250 g/mol. The molecule has 7 nitrogen and oxygen atoms in total. The van der Waals surface area contributed by atoms with Crippen molar-refractivity contribution < 1.29 is 14.4 Å². The summed E-state index contributed by atoms with van der Waals surface area (Å²) in [5.74, 6) is 1.30. The third kappa shape index (κ3) is 3.01. The Morgan fingerprint density at radius 1 is 1.44 bits per heavy atom. The van der Waals surface area contributed by atoms with Crippen LogP contribution in [0.15, 0.2) is 16.9 Å². The zero-order valence-electron chi connectivity index (χ0n) is 10.2. The molecule has 0 bridgehead atoms. The summed E-state index contributed by atoms with van der Waals surface area (Å²) in [5.41, 5.74) is 0.536. The van der Waals surface area contributed by atoms with Crippen LogP contribution in [0.1, 0.15) is 19.2 Å². The Morgan fingerprint density at radius 2 is 2.28 bits per heavy atom. The van der Waals surface area contributed by atoms with Crippen molar-refractivity contribution in [2.45, 2.75) is 25.9 Å². The van der Waals surface area contributed by atoms with Crippen molar-refractivity contribution in [2.75, 3.05) is 7.11 Å². The number of aromatic nitrogens is 4. The molecule has 1 atom stereocenters. The molecule has 0 radical (unpaired) electrons. The van der Waals surface area contributed by atoms with Gasteiger partial charge in [-0.25, -0.2) is 9.97 Å². The van der Waals surface area contributed by atoms with Gasteiger partial charge in [0.15, 0.2) is 0 Å². The molecule has 0 aliphatic carbocycles. The average molecular weight is 250 g/mol. The zero-order chi connectivity index (χ0) is 13.0. The highest BCUT2D eigenvalue weighted by atomic mass is 16.5. The van der Waals surface area contributed by atoms with E-state index in [0.29, 0.717) is 36.1 Å². The van der Waals surface area contributed by atoms with Crippen molar-refractivity contribution in [1.29, 1.82) is 0 Å². The topological polar surface area (TPSA) is 94.2 Å². The Hall–Kier alpha value is -2.02. The third-order valence-corrected chi connectivity index (χ3v) is 2.32. The zero-order valence-corrected chi connectivity index (χ0v) is 10.2. The SMILES string of the molecule is COc1cc(-c2noc(CCC(C)O)n2)ncn1. The van der Waals surface area contributed by atoms with Crippen molar-refractivity contribution in [1.82, 2.24) is 20.1 Å². The first-order valence-corrected chi connectivity index (χ1v) is 5.56. The predicted molar refractivity (Wildman–Crippen MR) is 61.9 cm³/mol. The summed E-state index contributed by atoms with van der Waals surface area (Å²) in [4.78, 5) is 12.1. The lowest BCUT2D eigenvalue weighted by Crippen LogP contribution is -2.01. The molecule has 0 saturated heterocycles. The van der Waals surface area contributed by atoms with Crippen LogP contribution in [0.4, 0.5) is 0 Å². The first kappa shape index (κ1) is 12.4. The van der Waals surface area contributed by atoms with Gasteiger partial charge in [-0.1, -0.05) is 5.16 Å². The molecule has 2 aromatic heterocycles. The summed E-state index contributed by atoms with van der Waals surface area (Å²) in [5, 5.41) is 13.0. The molecule has 2 heterocycles. The van der Waals surface area contributed by atoms with Crippen molar-refractivity contribution in [3.05, 3.63) is 18.3 Å². The van der Waals surface area contributed by atoms with Gasteiger partial charge in [0.05, 0.1) is 13.2 Å². The van der Waals surface area contributed by atoms with E-state index in [4.69, 9.17) is 9.26 Å². The number of aliphatic hydroxyl groups is 1. The van der Waals surface area contributed by atoms with E-state index in [0.717, 1.165) is 0 Å². The van der Waals surface area contributed by atoms with E-state index in [2.05, 4.69) is 20.1 Å². The van der Waals surface area contributed by atoms with Crippen molar-refractivity contribution in [3.8, 4) is 17.4 Å². The number of nitrogens with zero attached hydrogens (tertiary/aromatic N) is 4. The minimum Gasteiger partial charge on any atom is -0.481 e. The molecule has 2 aromatic rings. The van der Waals surface area contributed by atoms with Crippen molar-refractivity contribution in [2.24, 2.45) is 0 Å². The van der Waals surface area contributed by atoms with Crippen molar-refractivity contribution in [3.63, 3.8) is 0 Å². The standard InChI is InChI=1S/C11H14N4O3/c1-7(16)3-4-9-14-11(15-18-9)8-5-10(17-2)13-6-12-8/h5-7,16H,3-4H2,1-2H3. The summed E-state index contributed by atoms with van der Waals surface area (Å²) >= 11 is 0. The molecule has 1 N–H and O–H groups in total. The Labute approximate surface area is 104 Å². The number of methoxy groups -OCH3 is 1. The van der Waals surface area contributed by atoms with Gasteiger partial charge in [-0.2, -0.15) is 4.98 Å². The molecule has 0 aliphatic rings. The van der Waals surface area contributed by atoms with E-state index >= 15 is 0 Å². The lowest BCUT2D eigenvalue weighted by molar-refractivity contribution is 0.180. The second kappa shape index (κ2) is 5.54. The average Bonchev–Trinajstić information content (AvgIpc) is 2.85. The van der Waals surface area contributed by atoms with Crippen LogP contribution in [0.2, 0.25) is 0 Å². The van der Waals surface area contributed by atoms with Crippen LogP contribution < -0.4 is 4.74 Å². The molecule has 0 aliphatic heterocycles. The maximum Gasteiger partial charge on any atom is 0.227 e. The molecule has 18 heavy (non-hydrogen) atoms. The molecule has 0 fully saturated rings. The minimum absolute atomic E-state index is 0.385. The normalized spacial score (nSPS) is 12.4. The van der Waals surface area contributed by atoms with E-state index in [1.807, 2.05) is 0 Å². The molecule has 0 saturated carbocycles. The fourth-order valence-electron chi connectivity index (χ4n) is 1.37. The van der Waals surface area contributed by atoms with Gasteiger partial charge >= 0.3 is 0 Å². The summed E-state index contributed by atoms with van der Waals surface area (Å²) in [7, 11) is 1.52. The quantitative estimate of drug-likeness (QED) is 0.840. The Morgan fingerprint density at radius 3 is 3.00 bits per heavy atom. The Kier molecular flexibility index (Phi) is 3.83. The van der Waals surface area contributed by atoms with E-state index in [-0.39, 0.29) is 6.10 Å². The highest BCUT2D eigenvalue weighted by Crippen LogP contribution is 2.17. The number of hydrogen-bond donors (Lipinski definition) is 1. The van der Waals surface area contributed by atoms with E-state index in [1.165, 1.54) is 13.4 Å². The Bertz CT molecular complexity index is 512. The number of rotatable bonds is 5. The van der Waals surface area contributed by atoms with Crippen LogP contribution in [0.5, 0.6) is 5.88 Å². The molecule has 96 valence electrons. The van der Waals surface area contributed by atoms with Gasteiger partial charge in [-0.3, -0.25) is 0 Å². The van der Waals surface area contributed by atoms with Crippen LogP contribution >= 0.6 is 0 Å². The van der Waals surface area contributed by atoms with E-state index < -0.39 is 0 Å². The van der Waals surface area contributed by atoms with Gasteiger partial charge in [0.1, 0.15) is 12.0 Å². The molecule has 1 unspecified atom stereocenters. The van der Waals surface area contributed by atoms with Crippen LogP contribution in [-0.2, 0) is 6.42 Å². The van der Waals surface area contributed by atoms with Crippen molar-refractivity contribution >= 4 is 0 Å². The van der Waals surface area contributed by atoms with Crippen LogP contribution in [0, 0.1) is 0 Å². The van der Waals surface area contributed by atoms with Gasteiger partial charge in [-0.05, 0) is 13.3 Å². The molecular formula is C11H14N4O3. The molecule has 0 amide bonds. The Balaban J connectivity index is 2.13. The van der Waals surface area contributed by atoms with Gasteiger partial charge in [0.2, 0.25) is 17.6 Å². The third-order valence-electron chi connectivity index (χ3n) is 2.32. The van der Waals surface area contributed by atoms with Gasteiger partial charge in [0.25, 0.3) is 0 Å². The van der Waals surface area contributed by atoms with E-state index in [1.54, 1.807) is 13.0 Å². The number of ether oxygens (including phenoxy) is 1. The number of aryl methyl sites for hydroxylation is 1. The maximum absolute atomic E-state index is 9.18. The van der Waals surface area contributed by atoms with Gasteiger partial charge in [0, 0.05) is 12.5 Å². The minimum atomic E-state index is -0.389. The number of aliphatic hydroxyl groups excluding tert-OH is 1. The molecule has 0 spiro atoms. The molecular weight excluding hydrogens is 236 g/mol. The summed E-state index contributed by atoms with van der Waals surface area (Å²) in [6.45, 7) is 1.71. The maximum atomic E-state index is 9.18. The highest BCUT2D eigenvalue weighted by molar-refractivity contribution is 5.49. The predicted octanol–water partition coefficient (Wildman–Crippen LogP) is 0.849. The second-order valence-electron chi connectivity index (χ2n) is 3.85. The lowest BCUT2D eigenvalue weighted by atomic mass is 10.2. The smallest absolute Gasteiger partial charge is 0.227 e. The molecule has 0 aromatic carbocycles. The van der Waals surface area contributed by atoms with Crippen LogP contribution in [-0.4, -0.2) is 38.4 Å². The fourth-order valence-corrected chi connectivity index (χ4v) is 1.37. The van der Waals surface area contributed by atoms with Crippen LogP contribution in [0.3, 0.4) is 0 Å². The lowest BCUT2D eigenvalue weighted by Gasteiger charge is -1.98. The highest BCUT2D eigenvalue weighted by Gasteiger charge is 2.11. The van der Waals surface area contributed by atoms with Gasteiger partial charge < -0.3 is 14.4 Å². The second-order valence-corrected chi connectivity index (χ2v) is 3.85. The van der Waals surface area contributed by atoms with Crippen LogP contribution in [0.25, 0.3) is 11.5 Å². The molecule has 2 rings (SSSR count). The molecule has 7 heteroatoms. The summed E-state index contributed by atoms with van der Waals surface area (Å²) in [6.07, 6.45) is 2.10. The summed E-state index contributed by atoms with van der Waals surface area (Å²) in [6, 6.07) is 1.63. The fraction of sp³-hybridized carbons (Fsp3) is 0.455. The summed E-state index contributed by atoms with van der Waals surface area (Å²) < 4.78 is 10.1. The van der Waals surface area contributed by atoms with E-state index in [9.17, 15) is 5.11 Å². The largest absolute Gasteiger partial charge is 0.481 e. The number of hydrogen-bond acceptors (Lipinski definition) is 7.